The molecule has 0 aromatic carbocycles. The van der Waals surface area contributed by atoms with Crippen LogP contribution in [-0.4, -0.2) is 63.4 Å². The van der Waals surface area contributed by atoms with Gasteiger partial charge >= 0.3 is 0 Å². The van der Waals surface area contributed by atoms with Gasteiger partial charge in [-0.3, -0.25) is 34.7 Å². The fraction of sp³-hybridized carbons (Fsp3) is 0.591. The van der Waals surface area contributed by atoms with Gasteiger partial charge < -0.3 is 4.90 Å². The molecule has 1 saturated carbocycles. The second-order valence-electron chi connectivity index (χ2n) is 8.41. The summed E-state index contributed by atoms with van der Waals surface area (Å²) >= 11 is 0. The number of amides is 4. The maximum Gasteiger partial charge on any atom is 0.259 e. The summed E-state index contributed by atoms with van der Waals surface area (Å²) < 4.78 is 0. The van der Waals surface area contributed by atoms with Crippen molar-refractivity contribution in [3.63, 3.8) is 0 Å². The molecule has 31 heavy (non-hydrogen) atoms. The van der Waals surface area contributed by atoms with E-state index >= 15 is 0 Å². The van der Waals surface area contributed by atoms with Crippen LogP contribution in [0.3, 0.4) is 0 Å². The van der Waals surface area contributed by atoms with Crippen molar-refractivity contribution in [3.8, 4) is 0 Å². The number of carbonyl (C=O) groups excluding carboxylic acids is 4. The number of hydrogen-bond donors (Lipinski definition) is 2. The molecule has 2 fully saturated rings. The number of hydroxylamine groups is 2. The number of nitrogens with zero attached hydrogens (tertiary/aromatic N) is 3. The zero-order valence-corrected chi connectivity index (χ0v) is 17.6. The first-order valence-corrected chi connectivity index (χ1v) is 11.0. The lowest BCUT2D eigenvalue weighted by Crippen LogP contribution is -2.50. The van der Waals surface area contributed by atoms with E-state index in [-0.39, 0.29) is 18.0 Å². The maximum atomic E-state index is 13.3. The van der Waals surface area contributed by atoms with Crippen LogP contribution in [0.25, 0.3) is 0 Å². The third-order valence-electron chi connectivity index (χ3n) is 6.22. The van der Waals surface area contributed by atoms with E-state index in [2.05, 4.69) is 10.3 Å². The number of imide groups is 1. The lowest BCUT2D eigenvalue weighted by Gasteiger charge is -2.32. The highest BCUT2D eigenvalue weighted by Gasteiger charge is 2.39. The Kier molecular flexibility index (Phi) is 8.11. The third kappa shape index (κ3) is 6.10. The summed E-state index contributed by atoms with van der Waals surface area (Å²) in [6, 6.07) is 2.42. The first-order chi connectivity index (χ1) is 15.0. The minimum atomic E-state index is -0.745. The van der Waals surface area contributed by atoms with E-state index in [0.29, 0.717) is 43.2 Å². The molecule has 4 amide bonds. The van der Waals surface area contributed by atoms with Crippen LogP contribution in [0.5, 0.6) is 0 Å². The summed E-state index contributed by atoms with van der Waals surface area (Å²) in [6.45, 7) is 0.309. The van der Waals surface area contributed by atoms with Crippen molar-refractivity contribution in [1.82, 2.24) is 20.3 Å². The summed E-state index contributed by atoms with van der Waals surface area (Å²) in [5, 5.41) is 12.6. The Labute approximate surface area is 181 Å². The Hall–Kier alpha value is -2.81. The standard InChI is InChI=1S/C22H30N4O5/c27-15-25(31)14-18(12-16-6-2-1-3-7-16)22(30)26-11-5-9-19(26)21(29)24-20(28)17-8-4-10-23-13-17/h4,8,10,13,15-16,18-19,31H,1-3,5-7,9,11-12,14H2,(H,24,28,29). The predicted molar refractivity (Wildman–Crippen MR) is 111 cm³/mol. The van der Waals surface area contributed by atoms with Crippen LogP contribution in [0.2, 0.25) is 0 Å². The van der Waals surface area contributed by atoms with Gasteiger partial charge in [-0.05, 0) is 37.3 Å². The number of rotatable bonds is 8. The Morgan fingerprint density at radius 2 is 2.00 bits per heavy atom. The van der Waals surface area contributed by atoms with Crippen molar-refractivity contribution >= 4 is 24.1 Å². The Bertz CT molecular complexity index is 781. The lowest BCUT2D eigenvalue weighted by atomic mass is 9.82. The lowest BCUT2D eigenvalue weighted by molar-refractivity contribution is -0.158. The SMILES string of the molecule is O=CN(O)CC(CC1CCCCC1)C(=O)N1CCCC1C(=O)NC(=O)c1cccnc1. The van der Waals surface area contributed by atoms with Crippen LogP contribution in [0.1, 0.15) is 61.7 Å². The molecule has 1 aromatic rings. The molecule has 2 unspecified atom stereocenters. The number of aromatic nitrogens is 1. The molecule has 2 aliphatic rings. The first kappa shape index (κ1) is 22.9. The van der Waals surface area contributed by atoms with Crippen molar-refractivity contribution in [1.29, 1.82) is 0 Å². The van der Waals surface area contributed by atoms with E-state index in [9.17, 15) is 24.4 Å². The molecule has 1 aliphatic carbocycles. The van der Waals surface area contributed by atoms with E-state index in [1.807, 2.05) is 0 Å². The number of pyridine rings is 1. The van der Waals surface area contributed by atoms with Gasteiger partial charge in [-0.1, -0.05) is 32.1 Å². The van der Waals surface area contributed by atoms with Gasteiger partial charge in [0.1, 0.15) is 6.04 Å². The molecule has 3 rings (SSSR count). The number of carbonyl (C=O) groups is 4. The molecule has 0 spiro atoms. The molecule has 9 heteroatoms. The second-order valence-corrected chi connectivity index (χ2v) is 8.41. The summed E-state index contributed by atoms with van der Waals surface area (Å²) in [6.07, 6.45) is 10.4. The van der Waals surface area contributed by atoms with E-state index < -0.39 is 23.8 Å². The average Bonchev–Trinajstić information content (AvgIpc) is 3.29. The zero-order chi connectivity index (χ0) is 22.2. The van der Waals surface area contributed by atoms with Gasteiger partial charge in [-0.25, -0.2) is 5.06 Å². The fourth-order valence-electron chi connectivity index (χ4n) is 4.65. The van der Waals surface area contributed by atoms with Crippen LogP contribution in [0, 0.1) is 11.8 Å². The quantitative estimate of drug-likeness (QED) is 0.281. The normalized spacial score (nSPS) is 20.2. The highest BCUT2D eigenvalue weighted by atomic mass is 16.5. The number of hydrogen-bond acceptors (Lipinski definition) is 6. The largest absolute Gasteiger partial charge is 0.330 e. The number of nitrogens with one attached hydrogen (secondary N) is 1. The fourth-order valence-corrected chi connectivity index (χ4v) is 4.65. The van der Waals surface area contributed by atoms with Gasteiger partial charge in [-0.2, -0.15) is 0 Å². The molecule has 0 bridgehead atoms. The van der Waals surface area contributed by atoms with Gasteiger partial charge in [0.05, 0.1) is 18.0 Å². The zero-order valence-electron chi connectivity index (χ0n) is 17.6. The van der Waals surface area contributed by atoms with Gasteiger partial charge in [0, 0.05) is 18.9 Å². The molecule has 1 aromatic heterocycles. The van der Waals surface area contributed by atoms with Crippen molar-refractivity contribution in [3.05, 3.63) is 30.1 Å². The van der Waals surface area contributed by atoms with E-state index in [1.165, 1.54) is 23.7 Å². The monoisotopic (exact) mass is 430 g/mol. The molecule has 0 radical (unpaired) electrons. The summed E-state index contributed by atoms with van der Waals surface area (Å²) in [5.41, 5.74) is 0.267. The van der Waals surface area contributed by atoms with Gasteiger partial charge in [0.15, 0.2) is 0 Å². The molecule has 1 aliphatic heterocycles. The van der Waals surface area contributed by atoms with Gasteiger partial charge in [0.25, 0.3) is 5.91 Å². The summed E-state index contributed by atoms with van der Waals surface area (Å²) in [5.74, 6) is -1.55. The minimum Gasteiger partial charge on any atom is -0.330 e. The van der Waals surface area contributed by atoms with Crippen LogP contribution in [0.15, 0.2) is 24.5 Å². The van der Waals surface area contributed by atoms with Crippen LogP contribution in [-0.2, 0) is 14.4 Å². The van der Waals surface area contributed by atoms with E-state index in [1.54, 1.807) is 12.1 Å². The molecule has 2 atom stereocenters. The molecule has 1 saturated heterocycles. The summed E-state index contributed by atoms with van der Waals surface area (Å²) in [7, 11) is 0. The first-order valence-electron chi connectivity index (χ1n) is 11.0. The Morgan fingerprint density at radius 1 is 1.23 bits per heavy atom. The molecule has 2 heterocycles. The van der Waals surface area contributed by atoms with Crippen LogP contribution in [0.4, 0.5) is 0 Å². The highest BCUT2D eigenvalue weighted by molar-refractivity contribution is 6.06. The van der Waals surface area contributed by atoms with Crippen LogP contribution >= 0.6 is 0 Å². The highest BCUT2D eigenvalue weighted by Crippen LogP contribution is 2.31. The molecular weight excluding hydrogens is 400 g/mol. The number of likely N-dealkylation sites (tertiary alicyclic amines) is 1. The third-order valence-corrected chi connectivity index (χ3v) is 6.22. The van der Waals surface area contributed by atoms with Crippen molar-refractivity contribution in [2.24, 2.45) is 11.8 Å². The average molecular weight is 431 g/mol. The molecule has 2 N–H and O–H groups in total. The predicted octanol–water partition coefficient (Wildman–Crippen LogP) is 1.76. The van der Waals surface area contributed by atoms with E-state index in [4.69, 9.17) is 0 Å². The molecule has 9 nitrogen and oxygen atoms in total. The van der Waals surface area contributed by atoms with Gasteiger partial charge in [0.2, 0.25) is 18.2 Å². The minimum absolute atomic E-state index is 0.0989. The smallest absolute Gasteiger partial charge is 0.259 e. The Morgan fingerprint density at radius 3 is 2.68 bits per heavy atom. The summed E-state index contributed by atoms with van der Waals surface area (Å²) in [4.78, 5) is 54.7. The van der Waals surface area contributed by atoms with Crippen LogP contribution < -0.4 is 5.32 Å². The van der Waals surface area contributed by atoms with Gasteiger partial charge in [-0.15, -0.1) is 0 Å². The Balaban J connectivity index is 1.67. The second kappa shape index (κ2) is 11.0. The van der Waals surface area contributed by atoms with E-state index in [0.717, 1.165) is 25.7 Å². The maximum absolute atomic E-state index is 13.3. The van der Waals surface area contributed by atoms with Crippen molar-refractivity contribution < 1.29 is 24.4 Å². The van der Waals surface area contributed by atoms with Crippen molar-refractivity contribution in [2.75, 3.05) is 13.1 Å². The molecular formula is C22H30N4O5. The topological polar surface area (TPSA) is 120 Å². The molecule has 168 valence electrons. The van der Waals surface area contributed by atoms with Crippen molar-refractivity contribution in [2.45, 2.75) is 57.4 Å².